The van der Waals surface area contributed by atoms with Crippen LogP contribution in [0.3, 0.4) is 0 Å². The van der Waals surface area contributed by atoms with Crippen molar-refractivity contribution >= 4 is 5.97 Å². The Kier molecular flexibility index (Phi) is 10.7. The van der Waals surface area contributed by atoms with Crippen LogP contribution >= 0.6 is 0 Å². The van der Waals surface area contributed by atoms with Gasteiger partial charge in [0.15, 0.2) is 0 Å². The van der Waals surface area contributed by atoms with Gasteiger partial charge in [-0.1, -0.05) is 51.8 Å². The molecular formula is C15H26O2. The molecule has 0 unspecified atom stereocenters. The van der Waals surface area contributed by atoms with Gasteiger partial charge >= 0.3 is 5.97 Å². The van der Waals surface area contributed by atoms with Crippen molar-refractivity contribution in [1.29, 1.82) is 0 Å². The zero-order valence-corrected chi connectivity index (χ0v) is 11.4. The Labute approximate surface area is 106 Å². The predicted molar refractivity (Wildman–Crippen MR) is 72.8 cm³/mol. The number of esters is 1. The standard InChI is InChI=1S/C15H26O2/c1-4-5-6-7-8-9-10-11-12-17-15(16)13-14(2)3/h8-11,14H,4-7,12-13H2,1-3H3/b9-8+,11-10+. The van der Waals surface area contributed by atoms with E-state index in [9.17, 15) is 4.79 Å². The molecule has 0 aromatic heterocycles. The third-order valence-corrected chi connectivity index (χ3v) is 2.27. The molecular weight excluding hydrogens is 212 g/mol. The number of carbonyl (C=O) groups is 1. The highest BCUT2D eigenvalue weighted by molar-refractivity contribution is 5.69. The highest BCUT2D eigenvalue weighted by Crippen LogP contribution is 2.01. The molecule has 0 fully saturated rings. The molecule has 0 aliphatic rings. The number of unbranched alkanes of at least 4 members (excludes halogenated alkanes) is 3. The van der Waals surface area contributed by atoms with Crippen LogP contribution in [0.4, 0.5) is 0 Å². The van der Waals surface area contributed by atoms with Crippen LogP contribution in [0.5, 0.6) is 0 Å². The fourth-order valence-corrected chi connectivity index (χ4v) is 1.35. The first kappa shape index (κ1) is 16.0. The summed E-state index contributed by atoms with van der Waals surface area (Å²) in [5.41, 5.74) is 0. The van der Waals surface area contributed by atoms with Crippen LogP contribution in [0.1, 0.15) is 52.9 Å². The fraction of sp³-hybridized carbons (Fsp3) is 0.667. The monoisotopic (exact) mass is 238 g/mol. The minimum Gasteiger partial charge on any atom is -0.461 e. The summed E-state index contributed by atoms with van der Waals surface area (Å²) in [6.45, 7) is 6.60. The summed E-state index contributed by atoms with van der Waals surface area (Å²) in [7, 11) is 0. The molecule has 0 N–H and O–H groups in total. The van der Waals surface area contributed by atoms with Crippen LogP contribution in [0.25, 0.3) is 0 Å². The van der Waals surface area contributed by atoms with Crippen molar-refractivity contribution in [3.05, 3.63) is 24.3 Å². The van der Waals surface area contributed by atoms with Crippen molar-refractivity contribution < 1.29 is 9.53 Å². The molecule has 0 spiro atoms. The van der Waals surface area contributed by atoms with Gasteiger partial charge in [-0.05, 0) is 24.8 Å². The van der Waals surface area contributed by atoms with E-state index in [1.807, 2.05) is 32.1 Å². The molecule has 0 saturated carbocycles. The number of hydrogen-bond acceptors (Lipinski definition) is 2. The normalized spacial score (nSPS) is 11.8. The van der Waals surface area contributed by atoms with Crippen LogP contribution in [0.15, 0.2) is 24.3 Å². The molecule has 0 aromatic rings. The molecule has 0 atom stereocenters. The molecule has 0 aromatic carbocycles. The lowest BCUT2D eigenvalue weighted by molar-refractivity contribution is -0.143. The van der Waals surface area contributed by atoms with E-state index >= 15 is 0 Å². The van der Waals surface area contributed by atoms with E-state index in [4.69, 9.17) is 4.74 Å². The Morgan fingerprint density at radius 3 is 2.53 bits per heavy atom. The maximum Gasteiger partial charge on any atom is 0.306 e. The van der Waals surface area contributed by atoms with E-state index < -0.39 is 0 Å². The van der Waals surface area contributed by atoms with Gasteiger partial charge in [0.1, 0.15) is 6.61 Å². The van der Waals surface area contributed by atoms with Crippen molar-refractivity contribution in [3.63, 3.8) is 0 Å². The van der Waals surface area contributed by atoms with Gasteiger partial charge < -0.3 is 4.74 Å². The molecule has 2 heteroatoms. The largest absolute Gasteiger partial charge is 0.461 e. The SMILES string of the molecule is CCCCC/C=C/C=C/COC(=O)CC(C)C. The molecule has 0 bridgehead atoms. The molecule has 98 valence electrons. The topological polar surface area (TPSA) is 26.3 Å². The van der Waals surface area contributed by atoms with E-state index in [1.54, 1.807) is 0 Å². The van der Waals surface area contributed by atoms with Gasteiger partial charge in [-0.2, -0.15) is 0 Å². The predicted octanol–water partition coefficient (Wildman–Crippen LogP) is 4.27. The molecule has 0 rings (SSSR count). The zero-order valence-electron chi connectivity index (χ0n) is 11.4. The highest BCUT2D eigenvalue weighted by atomic mass is 16.5. The smallest absolute Gasteiger partial charge is 0.306 e. The maximum absolute atomic E-state index is 11.2. The van der Waals surface area contributed by atoms with E-state index in [1.165, 1.54) is 19.3 Å². The van der Waals surface area contributed by atoms with Gasteiger partial charge in [-0.3, -0.25) is 4.79 Å². The highest BCUT2D eigenvalue weighted by Gasteiger charge is 2.03. The second kappa shape index (κ2) is 11.4. The Balaban J connectivity index is 3.44. The van der Waals surface area contributed by atoms with Gasteiger partial charge in [-0.25, -0.2) is 0 Å². The summed E-state index contributed by atoms with van der Waals surface area (Å²) < 4.78 is 5.04. The third kappa shape index (κ3) is 12.9. The minimum absolute atomic E-state index is 0.114. The molecule has 0 heterocycles. The fourth-order valence-electron chi connectivity index (χ4n) is 1.35. The second-order valence-corrected chi connectivity index (χ2v) is 4.63. The zero-order chi connectivity index (χ0) is 12.9. The average Bonchev–Trinajstić information content (AvgIpc) is 2.26. The Morgan fingerprint density at radius 1 is 1.18 bits per heavy atom. The van der Waals surface area contributed by atoms with Crippen molar-refractivity contribution in [1.82, 2.24) is 0 Å². The van der Waals surface area contributed by atoms with Crippen LogP contribution in [-0.4, -0.2) is 12.6 Å². The van der Waals surface area contributed by atoms with E-state index in [0.717, 1.165) is 6.42 Å². The Bertz CT molecular complexity index is 239. The lowest BCUT2D eigenvalue weighted by atomic mass is 10.1. The molecule has 0 amide bonds. The van der Waals surface area contributed by atoms with Crippen LogP contribution in [-0.2, 0) is 9.53 Å². The van der Waals surface area contributed by atoms with E-state index in [-0.39, 0.29) is 5.97 Å². The Morgan fingerprint density at radius 2 is 1.88 bits per heavy atom. The third-order valence-electron chi connectivity index (χ3n) is 2.27. The maximum atomic E-state index is 11.2. The van der Waals surface area contributed by atoms with Crippen molar-refractivity contribution in [2.24, 2.45) is 5.92 Å². The van der Waals surface area contributed by atoms with Crippen LogP contribution in [0.2, 0.25) is 0 Å². The summed E-state index contributed by atoms with van der Waals surface area (Å²) >= 11 is 0. The summed E-state index contributed by atoms with van der Waals surface area (Å²) in [6, 6.07) is 0. The first-order valence-corrected chi connectivity index (χ1v) is 6.64. The lowest BCUT2D eigenvalue weighted by Gasteiger charge is -2.03. The Hall–Kier alpha value is -1.05. The van der Waals surface area contributed by atoms with Gasteiger partial charge in [0, 0.05) is 6.42 Å². The van der Waals surface area contributed by atoms with Crippen molar-refractivity contribution in [2.75, 3.05) is 6.61 Å². The number of rotatable bonds is 9. The average molecular weight is 238 g/mol. The summed E-state index contributed by atoms with van der Waals surface area (Å²) in [4.78, 5) is 11.2. The second-order valence-electron chi connectivity index (χ2n) is 4.63. The molecule has 0 aliphatic heterocycles. The van der Waals surface area contributed by atoms with E-state index in [2.05, 4.69) is 13.0 Å². The first-order chi connectivity index (χ1) is 8.16. The number of hydrogen-bond donors (Lipinski definition) is 0. The summed E-state index contributed by atoms with van der Waals surface area (Å²) in [6.07, 6.45) is 13.4. The first-order valence-electron chi connectivity index (χ1n) is 6.64. The van der Waals surface area contributed by atoms with Crippen LogP contribution < -0.4 is 0 Å². The minimum atomic E-state index is -0.114. The van der Waals surface area contributed by atoms with Crippen molar-refractivity contribution in [3.8, 4) is 0 Å². The summed E-state index contributed by atoms with van der Waals surface area (Å²) in [5, 5.41) is 0. The van der Waals surface area contributed by atoms with Crippen LogP contribution in [0, 0.1) is 5.92 Å². The molecule has 0 radical (unpaired) electrons. The number of carbonyl (C=O) groups excluding carboxylic acids is 1. The number of allylic oxidation sites excluding steroid dienone is 3. The van der Waals surface area contributed by atoms with Gasteiger partial charge in [0.05, 0.1) is 0 Å². The van der Waals surface area contributed by atoms with Gasteiger partial charge in [-0.15, -0.1) is 0 Å². The molecule has 2 nitrogen and oxygen atoms in total. The van der Waals surface area contributed by atoms with Gasteiger partial charge in [0.2, 0.25) is 0 Å². The lowest BCUT2D eigenvalue weighted by Crippen LogP contribution is -2.07. The molecule has 0 aliphatic carbocycles. The molecule has 17 heavy (non-hydrogen) atoms. The quantitative estimate of drug-likeness (QED) is 0.341. The van der Waals surface area contributed by atoms with E-state index in [0.29, 0.717) is 18.9 Å². The van der Waals surface area contributed by atoms with Crippen molar-refractivity contribution in [2.45, 2.75) is 52.9 Å². The van der Waals surface area contributed by atoms with Gasteiger partial charge in [0.25, 0.3) is 0 Å². The summed E-state index contributed by atoms with van der Waals surface area (Å²) in [5.74, 6) is 0.251. The number of ether oxygens (including phenoxy) is 1. The molecule has 0 saturated heterocycles.